The fourth-order valence-corrected chi connectivity index (χ4v) is 2.83. The Kier molecular flexibility index (Phi) is 6.61. The third-order valence-corrected chi connectivity index (χ3v) is 4.55. The summed E-state index contributed by atoms with van der Waals surface area (Å²) >= 11 is 5.79. The van der Waals surface area contributed by atoms with Crippen molar-refractivity contribution in [2.45, 2.75) is 0 Å². The van der Waals surface area contributed by atoms with E-state index in [-0.39, 0.29) is 22.6 Å². The monoisotopic (exact) mass is 439 g/mol. The van der Waals surface area contributed by atoms with Crippen molar-refractivity contribution in [2.75, 3.05) is 24.7 Å². The van der Waals surface area contributed by atoms with Gasteiger partial charge < -0.3 is 15.5 Å². The molecule has 0 atom stereocenters. The lowest BCUT2D eigenvalue weighted by atomic mass is 10.1. The van der Waals surface area contributed by atoms with Crippen LogP contribution in [0.15, 0.2) is 60.8 Å². The van der Waals surface area contributed by atoms with Crippen molar-refractivity contribution in [1.29, 1.82) is 5.41 Å². The molecule has 2 aromatic carbocycles. The van der Waals surface area contributed by atoms with E-state index >= 15 is 0 Å². The van der Waals surface area contributed by atoms with E-state index in [1.54, 1.807) is 38.4 Å². The van der Waals surface area contributed by atoms with E-state index in [2.05, 4.69) is 15.6 Å². The van der Waals surface area contributed by atoms with E-state index in [1.165, 1.54) is 35.4 Å². The number of nitrogens with zero attached hydrogens (tertiary/aromatic N) is 2. The van der Waals surface area contributed by atoms with Crippen molar-refractivity contribution < 1.29 is 14.0 Å². The van der Waals surface area contributed by atoms with Gasteiger partial charge in [0.05, 0.1) is 21.8 Å². The van der Waals surface area contributed by atoms with Crippen LogP contribution in [-0.4, -0.2) is 41.6 Å². The van der Waals surface area contributed by atoms with Gasteiger partial charge in [-0.2, -0.15) is 0 Å². The van der Waals surface area contributed by atoms with Gasteiger partial charge in [0, 0.05) is 25.9 Å². The summed E-state index contributed by atoms with van der Waals surface area (Å²) < 4.78 is 14.5. The zero-order valence-corrected chi connectivity index (χ0v) is 17.5. The Bertz CT molecular complexity index is 1150. The first-order valence-electron chi connectivity index (χ1n) is 9.15. The molecule has 0 bridgehead atoms. The Hall–Kier alpha value is -3.78. The van der Waals surface area contributed by atoms with Crippen molar-refractivity contribution in [2.24, 2.45) is 0 Å². The van der Waals surface area contributed by atoms with Crippen LogP contribution in [0.3, 0.4) is 0 Å². The number of halogens is 2. The molecule has 0 saturated heterocycles. The van der Waals surface area contributed by atoms with Crippen molar-refractivity contribution in [3.63, 3.8) is 0 Å². The number of aromatic nitrogens is 1. The van der Waals surface area contributed by atoms with E-state index in [0.717, 1.165) is 6.07 Å². The smallest absolute Gasteiger partial charge is 0.258 e. The molecule has 0 unspecified atom stereocenters. The van der Waals surface area contributed by atoms with Gasteiger partial charge in [0.15, 0.2) is 0 Å². The number of carbonyl (C=O) groups excluding carboxylic acids is 2. The van der Waals surface area contributed by atoms with Gasteiger partial charge in [-0.15, -0.1) is 0 Å². The first-order valence-corrected chi connectivity index (χ1v) is 9.53. The highest BCUT2D eigenvalue weighted by atomic mass is 35.5. The molecule has 0 fully saturated rings. The second-order valence-electron chi connectivity index (χ2n) is 6.75. The van der Waals surface area contributed by atoms with Crippen LogP contribution in [-0.2, 0) is 0 Å². The van der Waals surface area contributed by atoms with E-state index in [9.17, 15) is 14.0 Å². The van der Waals surface area contributed by atoms with Gasteiger partial charge in [0.1, 0.15) is 17.5 Å². The average molecular weight is 440 g/mol. The highest BCUT2D eigenvalue weighted by Gasteiger charge is 2.18. The van der Waals surface area contributed by atoms with Crippen molar-refractivity contribution >= 4 is 40.8 Å². The number of amidine groups is 1. The van der Waals surface area contributed by atoms with E-state index in [1.807, 2.05) is 0 Å². The summed E-state index contributed by atoms with van der Waals surface area (Å²) in [6, 6.07) is 13.4. The molecular formula is C22H19ClFN5O2. The Morgan fingerprint density at radius 2 is 1.71 bits per heavy atom. The van der Waals surface area contributed by atoms with E-state index in [4.69, 9.17) is 17.0 Å². The molecule has 0 spiro atoms. The zero-order chi connectivity index (χ0) is 22.5. The van der Waals surface area contributed by atoms with Crippen LogP contribution < -0.4 is 10.6 Å². The SMILES string of the molecule is CN(C)C(=N)c1ccc(C(=O)Nc2ccccc2C(=O)Nc2ccc(Cl)cn2)c(F)c1. The number of pyridine rings is 1. The average Bonchev–Trinajstić information content (AvgIpc) is 2.74. The maximum Gasteiger partial charge on any atom is 0.258 e. The third-order valence-electron chi connectivity index (χ3n) is 4.32. The number of anilines is 2. The number of amides is 2. The lowest BCUT2D eigenvalue weighted by Crippen LogP contribution is -2.23. The zero-order valence-electron chi connectivity index (χ0n) is 16.7. The molecule has 0 radical (unpaired) electrons. The molecule has 3 aromatic rings. The molecule has 0 aliphatic carbocycles. The van der Waals surface area contributed by atoms with Crippen LogP contribution >= 0.6 is 11.6 Å². The van der Waals surface area contributed by atoms with Crippen LogP contribution in [0.2, 0.25) is 5.02 Å². The minimum atomic E-state index is -0.770. The van der Waals surface area contributed by atoms with Gasteiger partial charge in [-0.1, -0.05) is 29.8 Å². The lowest BCUT2D eigenvalue weighted by Gasteiger charge is -2.15. The Morgan fingerprint density at radius 1 is 1.00 bits per heavy atom. The predicted molar refractivity (Wildman–Crippen MR) is 119 cm³/mol. The fraction of sp³-hybridized carbons (Fsp3) is 0.0909. The van der Waals surface area contributed by atoms with Crippen LogP contribution in [0.4, 0.5) is 15.9 Å². The molecule has 31 heavy (non-hydrogen) atoms. The number of hydrogen-bond acceptors (Lipinski definition) is 4. The molecule has 0 aliphatic heterocycles. The van der Waals surface area contributed by atoms with Crippen LogP contribution in [0.25, 0.3) is 0 Å². The van der Waals surface area contributed by atoms with Crippen molar-refractivity contribution in [3.05, 3.63) is 88.3 Å². The van der Waals surface area contributed by atoms with Gasteiger partial charge in [-0.3, -0.25) is 15.0 Å². The number of para-hydroxylation sites is 1. The summed E-state index contributed by atoms with van der Waals surface area (Å²) in [6.07, 6.45) is 1.40. The molecule has 158 valence electrons. The molecule has 0 saturated carbocycles. The maximum atomic E-state index is 14.5. The second kappa shape index (κ2) is 9.36. The molecule has 1 aromatic heterocycles. The van der Waals surface area contributed by atoms with Gasteiger partial charge in [0.25, 0.3) is 11.8 Å². The van der Waals surface area contributed by atoms with Gasteiger partial charge in [-0.25, -0.2) is 9.37 Å². The minimum Gasteiger partial charge on any atom is -0.363 e. The lowest BCUT2D eigenvalue weighted by molar-refractivity contribution is 0.102. The summed E-state index contributed by atoms with van der Waals surface area (Å²) in [5, 5.41) is 13.5. The van der Waals surface area contributed by atoms with E-state index < -0.39 is 17.6 Å². The largest absolute Gasteiger partial charge is 0.363 e. The number of nitrogens with one attached hydrogen (secondary N) is 3. The minimum absolute atomic E-state index is 0.115. The van der Waals surface area contributed by atoms with Crippen molar-refractivity contribution in [3.8, 4) is 0 Å². The summed E-state index contributed by atoms with van der Waals surface area (Å²) in [5.74, 6) is -1.58. The molecule has 1 heterocycles. The van der Waals surface area contributed by atoms with Gasteiger partial charge >= 0.3 is 0 Å². The van der Waals surface area contributed by atoms with Gasteiger partial charge in [-0.05, 0) is 36.4 Å². The standard InChI is InChI=1S/C22H19ClFN5O2/c1-29(2)20(25)13-7-9-15(17(24)11-13)21(30)27-18-6-4-3-5-16(18)22(31)28-19-10-8-14(23)12-26-19/h3-12,25H,1-2H3,(H,27,30)(H,26,28,31). The molecule has 3 N–H and O–H groups in total. The molecule has 9 heteroatoms. The number of rotatable bonds is 5. The molecule has 0 aliphatic rings. The Balaban J connectivity index is 1.80. The molecule has 3 rings (SSSR count). The normalized spacial score (nSPS) is 10.3. The summed E-state index contributed by atoms with van der Waals surface area (Å²) in [4.78, 5) is 30.8. The van der Waals surface area contributed by atoms with Crippen LogP contribution in [0, 0.1) is 11.2 Å². The van der Waals surface area contributed by atoms with Gasteiger partial charge in [0.2, 0.25) is 0 Å². The van der Waals surface area contributed by atoms with Crippen LogP contribution in [0.1, 0.15) is 26.3 Å². The maximum absolute atomic E-state index is 14.5. The van der Waals surface area contributed by atoms with Crippen LogP contribution in [0.5, 0.6) is 0 Å². The third kappa shape index (κ3) is 5.23. The molecular weight excluding hydrogens is 421 g/mol. The quantitative estimate of drug-likeness (QED) is 0.408. The molecule has 2 amide bonds. The summed E-state index contributed by atoms with van der Waals surface area (Å²) in [5.41, 5.74) is 0.529. The summed E-state index contributed by atoms with van der Waals surface area (Å²) in [7, 11) is 3.34. The Morgan fingerprint density at radius 3 is 2.35 bits per heavy atom. The highest BCUT2D eigenvalue weighted by molar-refractivity contribution is 6.30. The summed E-state index contributed by atoms with van der Waals surface area (Å²) in [6.45, 7) is 0. The number of benzene rings is 2. The number of hydrogen-bond donors (Lipinski definition) is 3. The molecule has 7 nitrogen and oxygen atoms in total. The Labute approximate surface area is 183 Å². The number of carbonyl (C=O) groups is 2. The predicted octanol–water partition coefficient (Wildman–Crippen LogP) is 4.27. The topological polar surface area (TPSA) is 98.2 Å². The highest BCUT2D eigenvalue weighted by Crippen LogP contribution is 2.20. The first-order chi connectivity index (χ1) is 14.8. The first kappa shape index (κ1) is 21.9. The van der Waals surface area contributed by atoms with Crippen molar-refractivity contribution in [1.82, 2.24) is 9.88 Å². The second-order valence-corrected chi connectivity index (χ2v) is 7.19. The van der Waals surface area contributed by atoms with E-state index in [0.29, 0.717) is 16.4 Å². The fourth-order valence-electron chi connectivity index (χ4n) is 2.72.